The van der Waals surface area contributed by atoms with Gasteiger partial charge in [0.05, 0.1) is 11.3 Å². The van der Waals surface area contributed by atoms with Crippen molar-refractivity contribution in [2.75, 3.05) is 17.5 Å². The van der Waals surface area contributed by atoms with Crippen LogP contribution < -0.4 is 10.0 Å². The molecule has 2 N–H and O–H groups in total. The summed E-state index contributed by atoms with van der Waals surface area (Å²) in [5.74, 6) is -1.77. The van der Waals surface area contributed by atoms with E-state index in [1.807, 2.05) is 18.2 Å². The third-order valence-electron chi connectivity index (χ3n) is 4.28. The fourth-order valence-corrected chi connectivity index (χ4v) is 4.83. The number of hydrogen-bond donors (Lipinski definition) is 2. The molecule has 11 heteroatoms. The maximum absolute atomic E-state index is 12.5. The van der Waals surface area contributed by atoms with Gasteiger partial charge >= 0.3 is 5.97 Å². The van der Waals surface area contributed by atoms with E-state index in [1.54, 1.807) is 6.07 Å². The van der Waals surface area contributed by atoms with Crippen molar-refractivity contribution < 1.29 is 27.5 Å². The molecule has 0 saturated heterocycles. The first kappa shape index (κ1) is 23.7. The monoisotopic (exact) mass is 494 g/mol. The molecule has 0 aliphatic rings. The number of hydrogen-bond acceptors (Lipinski definition) is 7. The minimum atomic E-state index is -3.43. The zero-order chi connectivity index (χ0) is 23.5. The molecule has 168 valence electrons. The molecule has 8 nitrogen and oxygen atoms in total. The Labute approximate surface area is 193 Å². The van der Waals surface area contributed by atoms with E-state index in [0.29, 0.717) is 10.7 Å². The molecule has 0 aliphatic heterocycles. The summed E-state index contributed by atoms with van der Waals surface area (Å²) in [7, 11) is -3.43. The Kier molecular flexibility index (Phi) is 7.17. The molecule has 2 aromatic carbocycles. The molecule has 1 heterocycles. The number of benzene rings is 2. The molecule has 32 heavy (non-hydrogen) atoms. The van der Waals surface area contributed by atoms with E-state index < -0.39 is 40.3 Å². The van der Waals surface area contributed by atoms with Gasteiger partial charge in [0, 0.05) is 21.3 Å². The summed E-state index contributed by atoms with van der Waals surface area (Å²) in [6.07, 6.45) is -0.0813. The molecule has 0 aliphatic carbocycles. The Morgan fingerprint density at radius 3 is 2.38 bits per heavy atom. The second kappa shape index (κ2) is 9.68. The summed E-state index contributed by atoms with van der Waals surface area (Å²) in [5, 5.41) is 3.52. The minimum absolute atomic E-state index is 0.241. The molecule has 0 fully saturated rings. The highest BCUT2D eigenvalue weighted by Gasteiger charge is 2.21. The number of carbonyl (C=O) groups excluding carboxylic acids is 3. The Hall–Kier alpha value is -2.95. The summed E-state index contributed by atoms with van der Waals surface area (Å²) in [4.78, 5) is 37.2. The summed E-state index contributed by atoms with van der Waals surface area (Å²) in [6, 6.07) is 13.0. The first-order chi connectivity index (χ1) is 15.0. The largest absolute Gasteiger partial charge is 0.453 e. The van der Waals surface area contributed by atoms with Gasteiger partial charge in [0.15, 0.2) is 6.10 Å². The van der Waals surface area contributed by atoms with Crippen LogP contribution in [0.2, 0.25) is 5.02 Å². The first-order valence-electron chi connectivity index (χ1n) is 9.32. The number of halogens is 1. The van der Waals surface area contributed by atoms with E-state index in [1.165, 1.54) is 42.5 Å². The van der Waals surface area contributed by atoms with Gasteiger partial charge in [0.2, 0.25) is 15.8 Å². The number of amides is 1. The van der Waals surface area contributed by atoms with Crippen LogP contribution in [0, 0.1) is 0 Å². The van der Waals surface area contributed by atoms with Crippen molar-refractivity contribution in [3.8, 4) is 0 Å². The number of ketones is 1. The van der Waals surface area contributed by atoms with E-state index in [9.17, 15) is 22.8 Å². The summed E-state index contributed by atoms with van der Waals surface area (Å²) >= 11 is 7.47. The third kappa shape index (κ3) is 5.84. The van der Waals surface area contributed by atoms with Crippen LogP contribution in [0.5, 0.6) is 0 Å². The van der Waals surface area contributed by atoms with Gasteiger partial charge in [-0.25, -0.2) is 8.42 Å². The van der Waals surface area contributed by atoms with Gasteiger partial charge in [0.25, 0.3) is 5.91 Å². The molecule has 1 amide bonds. The van der Waals surface area contributed by atoms with Crippen molar-refractivity contribution in [2.24, 2.45) is 0 Å². The lowest BCUT2D eigenvalue weighted by Gasteiger charge is -2.13. The normalized spacial score (nSPS) is 12.2. The fraction of sp³-hybridized carbons (Fsp3) is 0.190. The molecule has 1 aromatic heterocycles. The molecule has 0 radical (unpaired) electrons. The minimum Gasteiger partial charge on any atom is -0.453 e. The smallest absolute Gasteiger partial charge is 0.326 e. The highest BCUT2D eigenvalue weighted by Crippen LogP contribution is 2.34. The molecule has 1 atom stereocenters. The van der Waals surface area contributed by atoms with Gasteiger partial charge in [0.1, 0.15) is 11.4 Å². The first-order valence-corrected chi connectivity index (χ1v) is 12.4. The Morgan fingerprint density at radius 2 is 1.75 bits per heavy atom. The van der Waals surface area contributed by atoms with E-state index in [4.69, 9.17) is 16.3 Å². The Morgan fingerprint density at radius 1 is 1.09 bits per heavy atom. The van der Waals surface area contributed by atoms with E-state index in [-0.39, 0.29) is 10.4 Å². The van der Waals surface area contributed by atoms with Crippen LogP contribution >= 0.6 is 22.9 Å². The number of nitrogens with one attached hydrogen (secondary N) is 2. The van der Waals surface area contributed by atoms with Gasteiger partial charge in [-0.3, -0.25) is 19.1 Å². The van der Waals surface area contributed by atoms with Crippen molar-refractivity contribution >= 4 is 66.4 Å². The van der Waals surface area contributed by atoms with Gasteiger partial charge in [-0.2, -0.15) is 0 Å². The SMILES string of the molecule is C[C@@H](OC(=O)CNC(=O)c1sc2ccccc2c1Cl)C(=O)c1ccc(NS(C)(=O)=O)cc1. The molecule has 0 bridgehead atoms. The van der Waals surface area contributed by atoms with E-state index >= 15 is 0 Å². The number of Topliss-reactive ketones (excluding diaryl/α,β-unsaturated/α-hetero) is 1. The van der Waals surface area contributed by atoms with Crippen molar-refractivity contribution in [3.63, 3.8) is 0 Å². The molecule has 0 spiro atoms. The Balaban J connectivity index is 1.55. The second-order valence-corrected chi connectivity index (χ2v) is 10.1. The summed E-state index contributed by atoms with van der Waals surface area (Å²) in [6.45, 7) is 0.978. The van der Waals surface area contributed by atoms with E-state index in [2.05, 4.69) is 10.0 Å². The van der Waals surface area contributed by atoms with Crippen LogP contribution in [-0.2, 0) is 19.6 Å². The number of anilines is 1. The quantitative estimate of drug-likeness (QED) is 0.365. The maximum atomic E-state index is 12.5. The predicted octanol–water partition coefficient (Wildman–Crippen LogP) is 3.47. The number of rotatable bonds is 8. The second-order valence-electron chi connectivity index (χ2n) is 6.87. The van der Waals surface area contributed by atoms with Crippen LogP contribution in [0.3, 0.4) is 0 Å². The number of esters is 1. The molecule has 0 saturated carbocycles. The zero-order valence-electron chi connectivity index (χ0n) is 17.0. The zero-order valence-corrected chi connectivity index (χ0v) is 19.4. The molecule has 3 aromatic rings. The number of thiophene rings is 1. The van der Waals surface area contributed by atoms with E-state index in [0.717, 1.165) is 16.3 Å². The molecule has 0 unspecified atom stereocenters. The van der Waals surface area contributed by atoms with Gasteiger partial charge in [-0.15, -0.1) is 11.3 Å². The van der Waals surface area contributed by atoms with Crippen molar-refractivity contribution in [2.45, 2.75) is 13.0 Å². The fourth-order valence-electron chi connectivity index (χ4n) is 2.84. The highest BCUT2D eigenvalue weighted by atomic mass is 35.5. The van der Waals surface area contributed by atoms with Crippen LogP contribution in [-0.4, -0.2) is 45.0 Å². The lowest BCUT2D eigenvalue weighted by atomic mass is 10.1. The average Bonchev–Trinajstić information content (AvgIpc) is 3.08. The van der Waals surface area contributed by atoms with Crippen molar-refractivity contribution in [3.05, 3.63) is 64.0 Å². The summed E-state index contributed by atoms with van der Waals surface area (Å²) < 4.78 is 30.7. The lowest BCUT2D eigenvalue weighted by molar-refractivity contribution is -0.145. The highest BCUT2D eigenvalue weighted by molar-refractivity contribution is 7.92. The molecular formula is C21H19ClN2O6S2. The third-order valence-corrected chi connectivity index (χ3v) is 6.57. The topological polar surface area (TPSA) is 119 Å². The van der Waals surface area contributed by atoms with Crippen molar-refractivity contribution in [1.29, 1.82) is 0 Å². The van der Waals surface area contributed by atoms with Crippen LogP contribution in [0.4, 0.5) is 5.69 Å². The van der Waals surface area contributed by atoms with Crippen LogP contribution in [0.15, 0.2) is 48.5 Å². The number of sulfonamides is 1. The maximum Gasteiger partial charge on any atom is 0.326 e. The van der Waals surface area contributed by atoms with Crippen molar-refractivity contribution in [1.82, 2.24) is 5.32 Å². The predicted molar refractivity (Wildman–Crippen MR) is 124 cm³/mol. The van der Waals surface area contributed by atoms with Crippen LogP contribution in [0.1, 0.15) is 27.0 Å². The number of carbonyl (C=O) groups is 3. The Bertz CT molecular complexity index is 1290. The summed E-state index contributed by atoms with van der Waals surface area (Å²) in [5.41, 5.74) is 0.543. The number of fused-ring (bicyclic) bond motifs is 1. The standard InChI is InChI=1S/C21H19ClN2O6S2/c1-12(19(26)13-7-9-14(10-8-13)24-32(2,28)29)30-17(25)11-23-21(27)20-18(22)15-5-3-4-6-16(15)31-20/h3-10,12,24H,11H2,1-2H3,(H,23,27)/t12-/m1/s1. The van der Waals surface area contributed by atoms with Gasteiger partial charge in [-0.1, -0.05) is 29.8 Å². The van der Waals surface area contributed by atoms with Crippen LogP contribution in [0.25, 0.3) is 10.1 Å². The molecular weight excluding hydrogens is 476 g/mol. The molecule has 3 rings (SSSR count). The average molecular weight is 495 g/mol. The van der Waals surface area contributed by atoms with Gasteiger partial charge in [-0.05, 0) is 37.3 Å². The lowest BCUT2D eigenvalue weighted by Crippen LogP contribution is -2.33. The van der Waals surface area contributed by atoms with Gasteiger partial charge < -0.3 is 10.1 Å². The number of ether oxygens (including phenoxy) is 1.